The van der Waals surface area contributed by atoms with Crippen molar-refractivity contribution in [1.29, 1.82) is 0 Å². The second-order valence-electron chi connectivity index (χ2n) is 4.89. The van der Waals surface area contributed by atoms with Crippen LogP contribution in [0.1, 0.15) is 17.9 Å². The summed E-state index contributed by atoms with van der Waals surface area (Å²) in [7, 11) is 0. The second kappa shape index (κ2) is 6.10. The van der Waals surface area contributed by atoms with Crippen molar-refractivity contribution in [3.63, 3.8) is 0 Å². The van der Waals surface area contributed by atoms with Crippen LogP contribution in [-0.4, -0.2) is 11.9 Å². The van der Waals surface area contributed by atoms with Gasteiger partial charge in [-0.25, -0.2) is 0 Å². The zero-order chi connectivity index (χ0) is 15.7. The summed E-state index contributed by atoms with van der Waals surface area (Å²) in [5.41, 5.74) is 1.39. The molecule has 0 fully saturated rings. The number of halogens is 2. The van der Waals surface area contributed by atoms with Crippen molar-refractivity contribution in [2.75, 3.05) is 5.32 Å². The Hall–Kier alpha value is -1.85. The van der Waals surface area contributed by atoms with Gasteiger partial charge >= 0.3 is 5.97 Å². The number of ether oxygens (including phenoxy) is 1. The van der Waals surface area contributed by atoms with Gasteiger partial charge in [-0.15, -0.1) is 0 Å². The van der Waals surface area contributed by atoms with Crippen molar-refractivity contribution in [3.05, 3.63) is 57.5 Å². The number of rotatable bonds is 2. The average Bonchev–Trinajstić information content (AvgIpc) is 2.49. The Morgan fingerprint density at radius 1 is 1.27 bits per heavy atom. The summed E-state index contributed by atoms with van der Waals surface area (Å²) in [6.07, 6.45) is 0.0595. The maximum atomic E-state index is 12.4. The molecule has 2 aromatic rings. The smallest absolute Gasteiger partial charge is 0.319 e. The molecule has 1 aliphatic rings. The average molecular weight is 381 g/mol. The van der Waals surface area contributed by atoms with E-state index >= 15 is 0 Å². The topological polar surface area (TPSA) is 55.4 Å². The molecule has 6 heteroatoms. The molecular formula is C16H11BrClNO3. The first-order valence-electron chi connectivity index (χ1n) is 6.60. The Kier molecular flexibility index (Phi) is 4.18. The van der Waals surface area contributed by atoms with E-state index in [0.717, 1.165) is 10.0 Å². The molecule has 1 atom stereocenters. The lowest BCUT2D eigenvalue weighted by Crippen LogP contribution is -2.29. The van der Waals surface area contributed by atoms with E-state index < -0.39 is 11.9 Å². The number of amides is 1. The van der Waals surface area contributed by atoms with Gasteiger partial charge in [0.1, 0.15) is 5.75 Å². The van der Waals surface area contributed by atoms with E-state index in [4.69, 9.17) is 16.3 Å². The van der Waals surface area contributed by atoms with Crippen LogP contribution in [0.15, 0.2) is 46.9 Å². The van der Waals surface area contributed by atoms with Gasteiger partial charge in [0, 0.05) is 16.6 Å². The van der Waals surface area contributed by atoms with E-state index in [1.807, 2.05) is 12.1 Å². The van der Waals surface area contributed by atoms with E-state index in [1.165, 1.54) is 0 Å². The van der Waals surface area contributed by atoms with E-state index in [2.05, 4.69) is 21.2 Å². The summed E-state index contributed by atoms with van der Waals surface area (Å²) in [4.78, 5) is 24.2. The van der Waals surface area contributed by atoms with Gasteiger partial charge in [-0.3, -0.25) is 9.59 Å². The summed E-state index contributed by atoms with van der Waals surface area (Å²) in [6.45, 7) is 0. The molecule has 0 spiro atoms. The predicted octanol–water partition coefficient (Wildman–Crippen LogP) is 4.13. The minimum Gasteiger partial charge on any atom is -0.424 e. The molecule has 1 heterocycles. The fraction of sp³-hybridized carbons (Fsp3) is 0.125. The number of anilines is 1. The van der Waals surface area contributed by atoms with Gasteiger partial charge in [0.15, 0.2) is 0 Å². The summed E-state index contributed by atoms with van der Waals surface area (Å²) in [5, 5.41) is 3.08. The van der Waals surface area contributed by atoms with E-state index in [9.17, 15) is 9.59 Å². The Morgan fingerprint density at radius 3 is 2.82 bits per heavy atom. The monoisotopic (exact) mass is 379 g/mol. The first kappa shape index (κ1) is 15.1. The molecule has 0 radical (unpaired) electrons. The molecule has 1 aliphatic heterocycles. The standard InChI is InChI=1S/C16H11BrClNO3/c17-9-5-6-14(12(18)7-9)22-16(21)11-8-15(20)19-13-4-2-1-3-10(11)13/h1-7,11H,8H2,(H,19,20)/t11-/m0/s1. The van der Waals surface area contributed by atoms with Gasteiger partial charge in [-0.2, -0.15) is 0 Å². The molecule has 2 aromatic carbocycles. The maximum absolute atomic E-state index is 12.4. The molecule has 0 aliphatic carbocycles. The number of fused-ring (bicyclic) bond motifs is 1. The Labute approximate surface area is 140 Å². The Balaban J connectivity index is 1.88. The number of benzene rings is 2. The van der Waals surface area contributed by atoms with Crippen LogP contribution in [-0.2, 0) is 9.59 Å². The maximum Gasteiger partial charge on any atom is 0.319 e. The summed E-state index contributed by atoms with van der Waals surface area (Å²) < 4.78 is 6.16. The molecule has 0 saturated carbocycles. The van der Waals surface area contributed by atoms with Crippen molar-refractivity contribution in [2.24, 2.45) is 0 Å². The number of hydrogen-bond acceptors (Lipinski definition) is 3. The lowest BCUT2D eigenvalue weighted by atomic mass is 9.91. The molecular weight excluding hydrogens is 370 g/mol. The lowest BCUT2D eigenvalue weighted by molar-refractivity contribution is -0.138. The van der Waals surface area contributed by atoms with Crippen LogP contribution in [0.2, 0.25) is 5.02 Å². The van der Waals surface area contributed by atoms with Crippen molar-refractivity contribution in [3.8, 4) is 5.75 Å². The van der Waals surface area contributed by atoms with Gasteiger partial charge in [0.2, 0.25) is 5.91 Å². The van der Waals surface area contributed by atoms with Crippen LogP contribution in [0.3, 0.4) is 0 Å². The van der Waals surface area contributed by atoms with Crippen LogP contribution >= 0.6 is 27.5 Å². The number of hydrogen-bond donors (Lipinski definition) is 1. The van der Waals surface area contributed by atoms with E-state index in [-0.39, 0.29) is 18.1 Å². The number of nitrogens with one attached hydrogen (secondary N) is 1. The molecule has 112 valence electrons. The van der Waals surface area contributed by atoms with Crippen molar-refractivity contribution in [1.82, 2.24) is 0 Å². The Morgan fingerprint density at radius 2 is 2.05 bits per heavy atom. The van der Waals surface area contributed by atoms with Crippen LogP contribution in [0, 0.1) is 0 Å². The normalized spacial score (nSPS) is 16.6. The number of carbonyl (C=O) groups excluding carboxylic acids is 2. The fourth-order valence-electron chi connectivity index (χ4n) is 2.36. The molecule has 1 N–H and O–H groups in total. The zero-order valence-electron chi connectivity index (χ0n) is 11.3. The minimum atomic E-state index is -0.635. The number of para-hydroxylation sites is 1. The lowest BCUT2D eigenvalue weighted by Gasteiger charge is -2.24. The van der Waals surface area contributed by atoms with Crippen molar-refractivity contribution >= 4 is 45.1 Å². The van der Waals surface area contributed by atoms with E-state index in [0.29, 0.717) is 10.7 Å². The third-order valence-electron chi connectivity index (χ3n) is 3.39. The summed E-state index contributed by atoms with van der Waals surface area (Å²) in [5.74, 6) is -1.06. The molecule has 0 bridgehead atoms. The third-order valence-corrected chi connectivity index (χ3v) is 4.18. The minimum absolute atomic E-state index is 0.0595. The highest BCUT2D eigenvalue weighted by atomic mass is 79.9. The van der Waals surface area contributed by atoms with Gasteiger partial charge in [0.05, 0.1) is 10.9 Å². The van der Waals surface area contributed by atoms with Crippen LogP contribution in [0.5, 0.6) is 5.75 Å². The van der Waals surface area contributed by atoms with E-state index in [1.54, 1.807) is 30.3 Å². The SMILES string of the molecule is O=C1C[C@H](C(=O)Oc2ccc(Br)cc2Cl)c2ccccc2N1. The molecule has 1 amide bonds. The first-order chi connectivity index (χ1) is 10.5. The quantitative estimate of drug-likeness (QED) is 0.629. The van der Waals surface area contributed by atoms with Crippen molar-refractivity contribution in [2.45, 2.75) is 12.3 Å². The van der Waals surface area contributed by atoms with Crippen LogP contribution in [0.25, 0.3) is 0 Å². The molecule has 0 aromatic heterocycles. The third kappa shape index (κ3) is 3.00. The highest BCUT2D eigenvalue weighted by molar-refractivity contribution is 9.10. The number of esters is 1. The molecule has 0 unspecified atom stereocenters. The van der Waals surface area contributed by atoms with Crippen LogP contribution < -0.4 is 10.1 Å². The van der Waals surface area contributed by atoms with Crippen LogP contribution in [0.4, 0.5) is 5.69 Å². The van der Waals surface area contributed by atoms with Gasteiger partial charge < -0.3 is 10.1 Å². The summed E-state index contributed by atoms with van der Waals surface area (Å²) in [6, 6.07) is 12.2. The van der Waals surface area contributed by atoms with Gasteiger partial charge in [0.25, 0.3) is 0 Å². The second-order valence-corrected chi connectivity index (χ2v) is 6.21. The fourth-order valence-corrected chi connectivity index (χ4v) is 3.07. The first-order valence-corrected chi connectivity index (χ1v) is 7.77. The zero-order valence-corrected chi connectivity index (χ0v) is 13.6. The Bertz CT molecular complexity index is 763. The molecule has 4 nitrogen and oxygen atoms in total. The van der Waals surface area contributed by atoms with Crippen molar-refractivity contribution < 1.29 is 14.3 Å². The molecule has 22 heavy (non-hydrogen) atoms. The predicted molar refractivity (Wildman–Crippen MR) is 87.2 cm³/mol. The largest absolute Gasteiger partial charge is 0.424 e. The number of carbonyl (C=O) groups is 2. The highest BCUT2D eigenvalue weighted by Gasteiger charge is 2.32. The highest BCUT2D eigenvalue weighted by Crippen LogP contribution is 2.34. The summed E-state index contributed by atoms with van der Waals surface area (Å²) >= 11 is 9.35. The van der Waals surface area contributed by atoms with Gasteiger partial charge in [-0.1, -0.05) is 45.7 Å². The van der Waals surface area contributed by atoms with Gasteiger partial charge in [-0.05, 0) is 29.8 Å². The molecule has 0 saturated heterocycles. The molecule has 3 rings (SSSR count).